The van der Waals surface area contributed by atoms with E-state index in [0.717, 1.165) is 6.26 Å². The molecular formula is C29H25ClN10O8S. The summed E-state index contributed by atoms with van der Waals surface area (Å²) in [5, 5.41) is 30.8. The Kier molecular flexibility index (Phi) is 9.85. The normalized spacial score (nSPS) is 11.7. The number of carboxylic acid groups (broad SMARTS) is 1. The maximum atomic E-state index is 13.6. The molecule has 5 rings (SSSR count). The van der Waals surface area contributed by atoms with E-state index in [1.165, 1.54) is 71.7 Å². The summed E-state index contributed by atoms with van der Waals surface area (Å²) in [6, 6.07) is 14.1. The van der Waals surface area contributed by atoms with Gasteiger partial charge < -0.3 is 31.4 Å². The molecule has 49 heavy (non-hydrogen) atoms. The summed E-state index contributed by atoms with van der Waals surface area (Å²) in [5.74, 6) is -4.20. The molecule has 0 saturated carbocycles. The lowest BCUT2D eigenvalue weighted by Crippen LogP contribution is -2.49. The fourth-order valence-electron chi connectivity index (χ4n) is 4.53. The number of carboxylic acids is 1. The standard InChI is InChI=1S/C29H25ClN10O8S/c1-49(47,48)37-29(46)33-18-5-2-15(3-6-18)10-22(25(41)32-19-7-8-20-16(11-19)12-23(34-20)28(44)45)36-27(43)26(42)35-21-13-17(30)4-9-24(21)40-14-31-38-39-40/h2-9,11-14,22,34H,10H2,1H3,(H,32,41)(H,35,42)(H,36,43)(H,44,45)(H2,33,37,46). The molecule has 3 aromatic carbocycles. The maximum absolute atomic E-state index is 13.6. The summed E-state index contributed by atoms with van der Waals surface area (Å²) in [4.78, 5) is 65.8. The van der Waals surface area contributed by atoms with Crippen molar-refractivity contribution in [2.24, 2.45) is 0 Å². The average Bonchev–Trinajstić information content (AvgIpc) is 3.71. The van der Waals surface area contributed by atoms with Crippen LogP contribution in [-0.2, 0) is 30.8 Å². The maximum Gasteiger partial charge on any atom is 0.352 e. The third-order valence-corrected chi connectivity index (χ3v) is 7.47. The van der Waals surface area contributed by atoms with Crippen molar-refractivity contribution in [3.05, 3.63) is 89.3 Å². The Morgan fingerprint density at radius 2 is 1.65 bits per heavy atom. The van der Waals surface area contributed by atoms with Crippen LogP contribution >= 0.6 is 11.6 Å². The molecule has 1 unspecified atom stereocenters. The van der Waals surface area contributed by atoms with E-state index >= 15 is 0 Å². The summed E-state index contributed by atoms with van der Waals surface area (Å²) in [5.41, 5.74) is 1.85. The minimum Gasteiger partial charge on any atom is -0.477 e. The molecular weight excluding hydrogens is 684 g/mol. The average molecular weight is 709 g/mol. The van der Waals surface area contributed by atoms with Gasteiger partial charge in [0.2, 0.25) is 15.9 Å². The number of sulfonamides is 1. The SMILES string of the molecule is CS(=O)(=O)NC(=O)Nc1ccc(CC(NC(=O)C(=O)Nc2cc(Cl)ccc2-n2cnnn2)C(=O)Nc2ccc3[nH]c(C(=O)O)cc3c2)cc1. The third kappa shape index (κ3) is 8.93. The molecule has 5 aromatic rings. The van der Waals surface area contributed by atoms with Gasteiger partial charge in [-0.2, -0.15) is 4.68 Å². The summed E-state index contributed by atoms with van der Waals surface area (Å²) in [6.07, 6.45) is 1.95. The van der Waals surface area contributed by atoms with Crippen LogP contribution in [0.2, 0.25) is 5.02 Å². The summed E-state index contributed by atoms with van der Waals surface area (Å²) in [7, 11) is -3.80. The van der Waals surface area contributed by atoms with Gasteiger partial charge in [0.25, 0.3) is 0 Å². The van der Waals surface area contributed by atoms with Crippen molar-refractivity contribution < 1.29 is 37.5 Å². The van der Waals surface area contributed by atoms with Gasteiger partial charge >= 0.3 is 23.8 Å². The van der Waals surface area contributed by atoms with Crippen molar-refractivity contribution in [2.45, 2.75) is 12.5 Å². The minimum atomic E-state index is -3.80. The molecule has 0 aliphatic heterocycles. The fourth-order valence-corrected chi connectivity index (χ4v) is 5.09. The molecule has 7 N–H and O–H groups in total. The van der Waals surface area contributed by atoms with Crippen LogP contribution in [0.15, 0.2) is 73.1 Å². The molecule has 0 spiro atoms. The first-order valence-corrected chi connectivity index (χ1v) is 16.2. The molecule has 252 valence electrons. The number of hydrogen-bond acceptors (Lipinski definition) is 10. The topological polar surface area (TPSA) is 259 Å². The Bertz CT molecular complexity index is 2190. The second-order valence-corrected chi connectivity index (χ2v) is 12.6. The molecule has 0 aliphatic rings. The van der Waals surface area contributed by atoms with Crippen molar-refractivity contribution >= 4 is 79.3 Å². The van der Waals surface area contributed by atoms with Gasteiger partial charge in [-0.15, -0.1) is 5.10 Å². The van der Waals surface area contributed by atoms with Crippen molar-refractivity contribution in [1.82, 2.24) is 35.2 Å². The van der Waals surface area contributed by atoms with E-state index in [4.69, 9.17) is 11.6 Å². The second kappa shape index (κ2) is 14.2. The molecule has 20 heteroatoms. The number of anilines is 3. The Hall–Kier alpha value is -6.34. The predicted molar refractivity (Wildman–Crippen MR) is 176 cm³/mol. The van der Waals surface area contributed by atoms with Crippen molar-refractivity contribution in [2.75, 3.05) is 22.2 Å². The number of carbonyl (C=O) groups is 5. The van der Waals surface area contributed by atoms with Crippen LogP contribution in [0.5, 0.6) is 0 Å². The fraction of sp³-hybridized carbons (Fsp3) is 0.103. The van der Waals surface area contributed by atoms with Gasteiger partial charge in [0.15, 0.2) is 0 Å². The number of fused-ring (bicyclic) bond motifs is 1. The van der Waals surface area contributed by atoms with E-state index in [1.807, 2.05) is 0 Å². The highest BCUT2D eigenvalue weighted by Gasteiger charge is 2.26. The van der Waals surface area contributed by atoms with Gasteiger partial charge in [0.1, 0.15) is 18.1 Å². The molecule has 18 nitrogen and oxygen atoms in total. The number of halogens is 1. The van der Waals surface area contributed by atoms with Gasteiger partial charge in [0.05, 0.1) is 17.6 Å². The van der Waals surface area contributed by atoms with E-state index in [9.17, 15) is 37.5 Å². The monoisotopic (exact) mass is 708 g/mol. The Labute approximate surface area is 281 Å². The van der Waals surface area contributed by atoms with Crippen LogP contribution in [0.1, 0.15) is 16.1 Å². The van der Waals surface area contributed by atoms with Gasteiger partial charge in [-0.05, 0) is 70.6 Å². The highest BCUT2D eigenvalue weighted by atomic mass is 35.5. The van der Waals surface area contributed by atoms with Crippen LogP contribution in [0, 0.1) is 0 Å². The number of nitrogens with one attached hydrogen (secondary N) is 6. The molecule has 0 aliphatic carbocycles. The number of rotatable bonds is 10. The van der Waals surface area contributed by atoms with Crippen LogP contribution in [0.3, 0.4) is 0 Å². The molecule has 1 atom stereocenters. The molecule has 5 amide bonds. The number of aromatic amines is 1. The third-order valence-electron chi connectivity index (χ3n) is 6.68. The number of carbonyl (C=O) groups excluding carboxylic acids is 4. The Morgan fingerprint density at radius 1 is 0.918 bits per heavy atom. The largest absolute Gasteiger partial charge is 0.477 e. The molecule has 0 radical (unpaired) electrons. The number of amides is 5. The van der Waals surface area contributed by atoms with Gasteiger partial charge in [-0.3, -0.25) is 14.4 Å². The van der Waals surface area contributed by atoms with E-state index in [0.29, 0.717) is 22.2 Å². The predicted octanol–water partition coefficient (Wildman–Crippen LogP) is 1.88. The van der Waals surface area contributed by atoms with Crippen LogP contribution in [-0.4, -0.2) is 80.7 Å². The van der Waals surface area contributed by atoms with Crippen LogP contribution < -0.4 is 26.0 Å². The van der Waals surface area contributed by atoms with Crippen molar-refractivity contribution in [1.29, 1.82) is 0 Å². The molecule has 0 saturated heterocycles. The molecule has 0 fully saturated rings. The molecule has 0 bridgehead atoms. The lowest BCUT2D eigenvalue weighted by atomic mass is 10.0. The smallest absolute Gasteiger partial charge is 0.352 e. The molecule has 2 aromatic heterocycles. The number of urea groups is 1. The number of hydrogen-bond donors (Lipinski definition) is 7. The first-order chi connectivity index (χ1) is 23.2. The first-order valence-electron chi connectivity index (χ1n) is 13.9. The van der Waals surface area contributed by atoms with E-state index in [1.54, 1.807) is 10.8 Å². The molecule has 2 heterocycles. The Balaban J connectivity index is 1.35. The first kappa shape index (κ1) is 34.0. The second-order valence-electron chi connectivity index (χ2n) is 10.4. The lowest BCUT2D eigenvalue weighted by Gasteiger charge is -2.19. The zero-order valence-corrected chi connectivity index (χ0v) is 26.7. The number of benzene rings is 3. The van der Waals surface area contributed by atoms with Gasteiger partial charge in [0, 0.05) is 33.7 Å². The number of aromatic nitrogens is 5. The quantitative estimate of drug-likeness (QED) is 0.103. The number of nitrogens with zero attached hydrogens (tertiary/aromatic N) is 4. The zero-order valence-electron chi connectivity index (χ0n) is 25.1. The van der Waals surface area contributed by atoms with E-state index in [2.05, 4.69) is 41.8 Å². The lowest BCUT2D eigenvalue weighted by molar-refractivity contribution is -0.137. The summed E-state index contributed by atoms with van der Waals surface area (Å²) < 4.78 is 25.6. The number of aromatic carboxylic acids is 1. The van der Waals surface area contributed by atoms with Crippen molar-refractivity contribution in [3.8, 4) is 5.69 Å². The zero-order chi connectivity index (χ0) is 35.3. The minimum absolute atomic E-state index is 0.0516. The van der Waals surface area contributed by atoms with Crippen LogP contribution in [0.25, 0.3) is 16.6 Å². The highest BCUT2D eigenvalue weighted by Crippen LogP contribution is 2.24. The summed E-state index contributed by atoms with van der Waals surface area (Å²) in [6.45, 7) is 0. The van der Waals surface area contributed by atoms with Crippen molar-refractivity contribution in [3.63, 3.8) is 0 Å². The van der Waals surface area contributed by atoms with E-state index < -0.39 is 45.8 Å². The van der Waals surface area contributed by atoms with Crippen LogP contribution in [0.4, 0.5) is 21.9 Å². The summed E-state index contributed by atoms with van der Waals surface area (Å²) >= 11 is 6.10. The highest BCUT2D eigenvalue weighted by molar-refractivity contribution is 7.89. The van der Waals surface area contributed by atoms with E-state index in [-0.39, 0.29) is 34.2 Å². The Morgan fingerprint density at radius 3 is 2.33 bits per heavy atom. The van der Waals surface area contributed by atoms with Gasteiger partial charge in [-0.25, -0.2) is 22.7 Å². The van der Waals surface area contributed by atoms with Gasteiger partial charge in [-0.1, -0.05) is 23.7 Å². The number of tetrazole rings is 1. The number of H-pyrrole nitrogens is 1.